The number of alkyl halides is 3. The molecule has 0 saturated heterocycles. The van der Waals surface area contributed by atoms with Gasteiger partial charge >= 0.3 is 6.18 Å². The van der Waals surface area contributed by atoms with Gasteiger partial charge in [0.25, 0.3) is 11.8 Å². The van der Waals surface area contributed by atoms with Crippen molar-refractivity contribution in [2.45, 2.75) is 11.1 Å². The van der Waals surface area contributed by atoms with Crippen LogP contribution in [0.15, 0.2) is 53.4 Å². The molecule has 1 aromatic heterocycles. The zero-order valence-electron chi connectivity index (χ0n) is 16.0. The van der Waals surface area contributed by atoms with Gasteiger partial charge in [-0.1, -0.05) is 17.7 Å². The number of nitrogens with one attached hydrogen (secondary N) is 2. The molecule has 3 aromatic rings. The number of amides is 1. The van der Waals surface area contributed by atoms with Gasteiger partial charge in [0.05, 0.1) is 14.8 Å². The summed E-state index contributed by atoms with van der Waals surface area (Å²) in [6.45, 7) is 0. The second-order valence-corrected chi connectivity index (χ2v) is 9.01. The first kappa shape index (κ1) is 23.4. The molecular weight excluding hydrogens is 476 g/mol. The Morgan fingerprint density at radius 3 is 2.53 bits per heavy atom. The number of carbonyl (C=O) groups excluding carboxylic acids is 1. The summed E-state index contributed by atoms with van der Waals surface area (Å²) < 4.78 is 77.7. The maximum atomic E-state index is 13.5. The van der Waals surface area contributed by atoms with Crippen molar-refractivity contribution in [3.05, 3.63) is 70.6 Å². The Morgan fingerprint density at radius 2 is 1.88 bits per heavy atom. The maximum Gasteiger partial charge on any atom is 0.435 e. The summed E-state index contributed by atoms with van der Waals surface area (Å²) >= 11 is 5.91. The number of anilines is 1. The van der Waals surface area contributed by atoms with Crippen LogP contribution in [-0.4, -0.2) is 26.6 Å². The van der Waals surface area contributed by atoms with Gasteiger partial charge in [0.2, 0.25) is 0 Å². The molecule has 0 aliphatic rings. The summed E-state index contributed by atoms with van der Waals surface area (Å²) in [6.07, 6.45) is -3.74. The van der Waals surface area contributed by atoms with Gasteiger partial charge in [-0.25, -0.2) is 13.4 Å². The van der Waals surface area contributed by atoms with Gasteiger partial charge in [-0.2, -0.15) is 13.2 Å². The van der Waals surface area contributed by atoms with Crippen LogP contribution in [0.3, 0.4) is 0 Å². The zero-order valence-corrected chi connectivity index (χ0v) is 17.6. The first-order chi connectivity index (χ1) is 14.8. The van der Waals surface area contributed by atoms with Crippen molar-refractivity contribution in [1.82, 2.24) is 10.2 Å². The van der Waals surface area contributed by atoms with E-state index < -0.39 is 44.8 Å². The van der Waals surface area contributed by atoms with Crippen LogP contribution in [0, 0.1) is 10.6 Å². The lowest BCUT2D eigenvalue weighted by Gasteiger charge is -2.13. The topological polar surface area (TPSA) is 105 Å². The highest BCUT2D eigenvalue weighted by atomic mass is 35.5. The van der Waals surface area contributed by atoms with E-state index in [0.29, 0.717) is 6.07 Å². The molecule has 32 heavy (non-hydrogen) atoms. The van der Waals surface area contributed by atoms with Crippen LogP contribution in [0.4, 0.5) is 23.2 Å². The molecule has 1 atom stereocenters. The van der Waals surface area contributed by atoms with Crippen molar-refractivity contribution in [1.29, 1.82) is 4.78 Å². The largest absolute Gasteiger partial charge is 0.435 e. The van der Waals surface area contributed by atoms with Crippen molar-refractivity contribution in [3.63, 3.8) is 0 Å². The van der Waals surface area contributed by atoms with Gasteiger partial charge in [0.15, 0.2) is 11.4 Å². The second kappa shape index (κ2) is 8.71. The number of aromatic nitrogens is 2. The van der Waals surface area contributed by atoms with Crippen LogP contribution in [0.25, 0.3) is 0 Å². The van der Waals surface area contributed by atoms with E-state index in [1.807, 2.05) is 0 Å². The van der Waals surface area contributed by atoms with E-state index in [4.69, 9.17) is 21.1 Å². The highest BCUT2D eigenvalue weighted by Crippen LogP contribution is 2.34. The third-order valence-corrected chi connectivity index (χ3v) is 5.40. The van der Waals surface area contributed by atoms with E-state index in [1.54, 1.807) is 0 Å². The van der Waals surface area contributed by atoms with Crippen molar-refractivity contribution >= 4 is 32.9 Å². The Hall–Kier alpha value is -3.25. The maximum absolute atomic E-state index is 13.5. The van der Waals surface area contributed by atoms with Crippen LogP contribution in [0.1, 0.15) is 16.1 Å². The predicted octanol–water partition coefficient (Wildman–Crippen LogP) is 5.37. The van der Waals surface area contributed by atoms with Gasteiger partial charge in [-0.05, 0) is 36.4 Å². The summed E-state index contributed by atoms with van der Waals surface area (Å²) in [4.78, 5) is 12.9. The van der Waals surface area contributed by atoms with E-state index in [1.165, 1.54) is 30.5 Å². The number of rotatable bonds is 5. The number of nitrogens with zero attached hydrogens (tertiary/aromatic N) is 2. The first-order valence-electron chi connectivity index (χ1n) is 8.57. The van der Waals surface area contributed by atoms with E-state index in [0.717, 1.165) is 18.2 Å². The minimum atomic E-state index is -4.91. The lowest BCUT2D eigenvalue weighted by Crippen LogP contribution is -2.18. The average molecular weight is 489 g/mol. The number of ether oxygens (including phenoxy) is 1. The number of carbonyl (C=O) groups is 1. The second-order valence-electron chi connectivity index (χ2n) is 6.45. The average Bonchev–Trinajstić information content (AvgIpc) is 2.69. The molecule has 0 saturated carbocycles. The molecule has 0 aliphatic carbocycles. The van der Waals surface area contributed by atoms with Crippen molar-refractivity contribution in [2.75, 3.05) is 11.6 Å². The number of hydrogen-bond acceptors (Lipinski definition) is 6. The first-order valence-corrected chi connectivity index (χ1v) is 10.9. The van der Waals surface area contributed by atoms with Crippen LogP contribution < -0.4 is 10.1 Å². The minimum absolute atomic E-state index is 0.0643. The summed E-state index contributed by atoms with van der Waals surface area (Å²) in [7, 11) is -3.11. The highest BCUT2D eigenvalue weighted by Gasteiger charge is 2.35. The lowest BCUT2D eigenvalue weighted by atomic mass is 10.2. The van der Waals surface area contributed by atoms with E-state index >= 15 is 0 Å². The molecule has 168 valence electrons. The van der Waals surface area contributed by atoms with Crippen LogP contribution in [0.2, 0.25) is 5.02 Å². The molecule has 3 rings (SSSR count). The molecule has 0 bridgehead atoms. The predicted molar refractivity (Wildman–Crippen MR) is 108 cm³/mol. The molecule has 0 aliphatic heterocycles. The standard InChI is InChI=1S/C19H13ClF4N4O3S/c1-32(25,30)12-4-2-3-11(8-12)26-17(29)13-9-16(19(22,23)24)27-28-18(13)31-15-7-10(21)5-6-14(15)20/h2-9,25H,1H3,(H,26,29). The fraction of sp³-hybridized carbons (Fsp3) is 0.105. The van der Waals surface area contributed by atoms with Gasteiger partial charge in [0, 0.05) is 22.9 Å². The van der Waals surface area contributed by atoms with Crippen molar-refractivity contribution < 1.29 is 31.3 Å². The molecule has 7 nitrogen and oxygen atoms in total. The molecule has 0 radical (unpaired) electrons. The quantitative estimate of drug-likeness (QED) is 0.470. The molecule has 0 fully saturated rings. The molecule has 1 unspecified atom stereocenters. The molecule has 0 spiro atoms. The van der Waals surface area contributed by atoms with Gasteiger partial charge < -0.3 is 10.1 Å². The summed E-state index contributed by atoms with van der Waals surface area (Å²) in [5.74, 6) is -2.76. The molecule has 1 heterocycles. The zero-order chi connectivity index (χ0) is 23.7. The third-order valence-electron chi connectivity index (χ3n) is 3.94. The van der Waals surface area contributed by atoms with Gasteiger partial charge in [-0.3, -0.25) is 4.79 Å². The fourth-order valence-corrected chi connectivity index (χ4v) is 3.28. The Balaban J connectivity index is 2.02. The monoisotopic (exact) mass is 488 g/mol. The van der Waals surface area contributed by atoms with E-state index in [-0.39, 0.29) is 21.4 Å². The van der Waals surface area contributed by atoms with Gasteiger partial charge in [0.1, 0.15) is 11.4 Å². The fourth-order valence-electron chi connectivity index (χ4n) is 2.43. The number of halogens is 5. The molecular formula is C19H13ClF4N4O3S. The summed E-state index contributed by atoms with van der Waals surface area (Å²) in [5, 5.41) is 8.58. The molecule has 13 heteroatoms. The highest BCUT2D eigenvalue weighted by molar-refractivity contribution is 7.91. The van der Waals surface area contributed by atoms with Crippen molar-refractivity contribution in [3.8, 4) is 11.6 Å². The van der Waals surface area contributed by atoms with E-state index in [9.17, 15) is 26.6 Å². The molecule has 2 N–H and O–H groups in total. The number of hydrogen-bond donors (Lipinski definition) is 2. The Labute approximate surface area is 184 Å². The molecule has 1 amide bonds. The summed E-state index contributed by atoms with van der Waals surface area (Å²) in [6, 6.07) is 8.91. The van der Waals surface area contributed by atoms with Crippen LogP contribution in [-0.2, 0) is 15.9 Å². The third kappa shape index (κ3) is 5.51. The normalized spacial score (nSPS) is 13.3. The lowest BCUT2D eigenvalue weighted by molar-refractivity contribution is -0.141. The minimum Gasteiger partial charge on any atom is -0.435 e. The Morgan fingerprint density at radius 1 is 1.16 bits per heavy atom. The van der Waals surface area contributed by atoms with Crippen molar-refractivity contribution in [2.24, 2.45) is 0 Å². The summed E-state index contributed by atoms with van der Waals surface area (Å²) in [5.41, 5.74) is -2.06. The number of benzene rings is 2. The smallest absolute Gasteiger partial charge is 0.435 e. The molecule has 2 aromatic carbocycles. The van der Waals surface area contributed by atoms with E-state index in [2.05, 4.69) is 15.5 Å². The Bertz CT molecular complexity index is 1300. The SMILES string of the molecule is CS(=N)(=O)c1cccc(NC(=O)c2cc(C(F)(F)F)nnc2Oc2cc(F)ccc2Cl)c1. The van der Waals surface area contributed by atoms with Gasteiger partial charge in [-0.15, -0.1) is 10.2 Å². The van der Waals surface area contributed by atoms with Crippen LogP contribution in [0.5, 0.6) is 11.6 Å². The van der Waals surface area contributed by atoms with Crippen LogP contribution >= 0.6 is 11.6 Å². The Kier molecular flexibility index (Phi) is 6.37.